The Balaban J connectivity index is 1.76. The SMILES string of the molecule is O=C(O)c1cccc(N(Cc2cccnc2)c2ccc(OC(F)F)cc2OCC2CC2)c1. The monoisotopic (exact) mass is 440 g/mol. The molecule has 1 saturated carbocycles. The van der Waals surface area contributed by atoms with E-state index in [0.717, 1.165) is 18.4 Å². The second-order valence-electron chi connectivity index (χ2n) is 7.57. The van der Waals surface area contributed by atoms with Gasteiger partial charge in [-0.3, -0.25) is 4.98 Å². The number of rotatable bonds is 10. The lowest BCUT2D eigenvalue weighted by molar-refractivity contribution is -0.0499. The number of halogens is 2. The first kappa shape index (κ1) is 21.5. The standard InChI is InChI=1S/C24H22F2N2O4/c25-24(26)32-20-8-9-21(22(12-20)31-15-16-6-7-16)28(14-17-3-2-10-27-13-17)19-5-1-4-18(11-19)23(29)30/h1-5,8-13,16,24H,6-7,14-15H2,(H,29,30). The van der Waals surface area contributed by atoms with Crippen LogP contribution in [0, 0.1) is 5.92 Å². The molecule has 2 aromatic carbocycles. The molecular weight excluding hydrogens is 418 g/mol. The predicted molar refractivity (Wildman–Crippen MR) is 115 cm³/mol. The largest absolute Gasteiger partial charge is 0.491 e. The van der Waals surface area contributed by atoms with Gasteiger partial charge in [-0.05, 0) is 60.7 Å². The maximum Gasteiger partial charge on any atom is 0.387 e. The molecule has 8 heteroatoms. The number of pyridine rings is 1. The first-order valence-electron chi connectivity index (χ1n) is 10.2. The summed E-state index contributed by atoms with van der Waals surface area (Å²) < 4.78 is 36.1. The highest BCUT2D eigenvalue weighted by atomic mass is 19.3. The zero-order valence-corrected chi connectivity index (χ0v) is 17.2. The molecule has 3 aromatic rings. The number of alkyl halides is 2. The number of aromatic nitrogens is 1. The normalized spacial score (nSPS) is 13.1. The first-order valence-corrected chi connectivity index (χ1v) is 10.2. The van der Waals surface area contributed by atoms with Crippen molar-refractivity contribution in [3.8, 4) is 11.5 Å². The summed E-state index contributed by atoms with van der Waals surface area (Å²) in [4.78, 5) is 17.6. The van der Waals surface area contributed by atoms with Gasteiger partial charge < -0.3 is 19.5 Å². The van der Waals surface area contributed by atoms with Crippen LogP contribution in [-0.2, 0) is 6.54 Å². The van der Waals surface area contributed by atoms with Crippen molar-refractivity contribution in [1.29, 1.82) is 0 Å². The number of nitrogens with zero attached hydrogens (tertiary/aromatic N) is 2. The number of aromatic carboxylic acids is 1. The third-order valence-corrected chi connectivity index (χ3v) is 5.09. The molecule has 0 aliphatic heterocycles. The van der Waals surface area contributed by atoms with E-state index < -0.39 is 12.6 Å². The smallest absolute Gasteiger partial charge is 0.387 e. The molecule has 0 unspecified atom stereocenters. The molecule has 0 spiro atoms. The van der Waals surface area contributed by atoms with Crippen LogP contribution in [0.4, 0.5) is 20.2 Å². The Labute approximate surface area is 184 Å². The highest BCUT2D eigenvalue weighted by Gasteiger charge is 2.24. The predicted octanol–water partition coefficient (Wildman–Crippen LogP) is 5.51. The summed E-state index contributed by atoms with van der Waals surface area (Å²) in [7, 11) is 0. The van der Waals surface area contributed by atoms with Crippen molar-refractivity contribution in [1.82, 2.24) is 4.98 Å². The molecule has 0 saturated heterocycles. The summed E-state index contributed by atoms with van der Waals surface area (Å²) in [6.07, 6.45) is 5.53. The molecule has 0 radical (unpaired) electrons. The highest BCUT2D eigenvalue weighted by Crippen LogP contribution is 2.40. The van der Waals surface area contributed by atoms with Crippen LogP contribution in [0.25, 0.3) is 0 Å². The average Bonchev–Trinajstić information content (AvgIpc) is 3.61. The van der Waals surface area contributed by atoms with E-state index in [2.05, 4.69) is 9.72 Å². The van der Waals surface area contributed by atoms with Gasteiger partial charge in [0.05, 0.1) is 17.9 Å². The molecule has 1 heterocycles. The van der Waals surface area contributed by atoms with Gasteiger partial charge in [-0.2, -0.15) is 8.78 Å². The van der Waals surface area contributed by atoms with Crippen molar-refractivity contribution in [2.24, 2.45) is 5.92 Å². The number of carboxylic acids is 1. The molecule has 1 aliphatic carbocycles. The molecule has 166 valence electrons. The minimum atomic E-state index is -2.95. The number of hydrogen-bond acceptors (Lipinski definition) is 5. The molecule has 1 N–H and O–H groups in total. The Morgan fingerprint density at radius 1 is 1.16 bits per heavy atom. The molecule has 4 rings (SSSR count). The first-order chi connectivity index (χ1) is 15.5. The maximum absolute atomic E-state index is 12.8. The second-order valence-corrected chi connectivity index (χ2v) is 7.57. The van der Waals surface area contributed by atoms with Crippen molar-refractivity contribution >= 4 is 17.3 Å². The summed E-state index contributed by atoms with van der Waals surface area (Å²) in [5, 5.41) is 9.44. The zero-order valence-electron chi connectivity index (χ0n) is 17.2. The minimum absolute atomic E-state index is 0.00448. The number of carbonyl (C=O) groups is 1. The van der Waals surface area contributed by atoms with Crippen LogP contribution < -0.4 is 14.4 Å². The summed E-state index contributed by atoms with van der Waals surface area (Å²) >= 11 is 0. The number of benzene rings is 2. The number of anilines is 2. The Morgan fingerprint density at radius 3 is 2.69 bits per heavy atom. The van der Waals surface area contributed by atoms with Gasteiger partial charge in [0.25, 0.3) is 0 Å². The van der Waals surface area contributed by atoms with Gasteiger partial charge in [0.15, 0.2) is 0 Å². The van der Waals surface area contributed by atoms with E-state index >= 15 is 0 Å². The van der Waals surface area contributed by atoms with E-state index in [1.165, 1.54) is 18.2 Å². The van der Waals surface area contributed by atoms with Gasteiger partial charge in [0.1, 0.15) is 11.5 Å². The summed E-state index contributed by atoms with van der Waals surface area (Å²) in [6, 6.07) is 14.8. The summed E-state index contributed by atoms with van der Waals surface area (Å²) in [5.41, 5.74) is 2.25. The molecule has 32 heavy (non-hydrogen) atoms. The fourth-order valence-corrected chi connectivity index (χ4v) is 3.30. The third kappa shape index (κ3) is 5.51. The Morgan fingerprint density at radius 2 is 2.00 bits per heavy atom. The quantitative estimate of drug-likeness (QED) is 0.448. The highest BCUT2D eigenvalue weighted by molar-refractivity contribution is 5.89. The molecule has 1 aromatic heterocycles. The lowest BCUT2D eigenvalue weighted by Crippen LogP contribution is -2.18. The van der Waals surface area contributed by atoms with Gasteiger partial charge >= 0.3 is 12.6 Å². The van der Waals surface area contributed by atoms with Crippen LogP contribution >= 0.6 is 0 Å². The van der Waals surface area contributed by atoms with Crippen LogP contribution in [0.3, 0.4) is 0 Å². The Kier molecular flexibility index (Phi) is 6.49. The maximum atomic E-state index is 12.8. The van der Waals surface area contributed by atoms with Gasteiger partial charge in [-0.1, -0.05) is 12.1 Å². The topological polar surface area (TPSA) is 71.9 Å². The van der Waals surface area contributed by atoms with Crippen molar-refractivity contribution in [2.45, 2.75) is 26.0 Å². The van der Waals surface area contributed by atoms with Crippen LogP contribution in [-0.4, -0.2) is 29.3 Å². The van der Waals surface area contributed by atoms with E-state index in [0.29, 0.717) is 36.2 Å². The lowest BCUT2D eigenvalue weighted by atomic mass is 10.1. The van der Waals surface area contributed by atoms with Crippen LogP contribution in [0.1, 0.15) is 28.8 Å². The van der Waals surface area contributed by atoms with Crippen LogP contribution in [0.5, 0.6) is 11.5 Å². The van der Waals surface area contributed by atoms with E-state index in [9.17, 15) is 18.7 Å². The second kappa shape index (κ2) is 9.64. The van der Waals surface area contributed by atoms with Crippen molar-refractivity contribution in [3.63, 3.8) is 0 Å². The lowest BCUT2D eigenvalue weighted by Gasteiger charge is -2.28. The molecule has 6 nitrogen and oxygen atoms in total. The van der Waals surface area contributed by atoms with Gasteiger partial charge in [-0.15, -0.1) is 0 Å². The van der Waals surface area contributed by atoms with E-state index in [1.807, 2.05) is 17.0 Å². The Hall–Kier alpha value is -3.68. The van der Waals surface area contributed by atoms with E-state index in [4.69, 9.17) is 4.74 Å². The summed E-state index contributed by atoms with van der Waals surface area (Å²) in [6.45, 7) is -2.11. The summed E-state index contributed by atoms with van der Waals surface area (Å²) in [5.74, 6) is -0.210. The Bertz CT molecular complexity index is 1070. The molecule has 0 bridgehead atoms. The number of carboxylic acid groups (broad SMARTS) is 1. The number of ether oxygens (including phenoxy) is 2. The average molecular weight is 440 g/mol. The van der Waals surface area contributed by atoms with Crippen LogP contribution in [0.2, 0.25) is 0 Å². The van der Waals surface area contributed by atoms with Crippen LogP contribution in [0.15, 0.2) is 67.0 Å². The van der Waals surface area contributed by atoms with E-state index in [-0.39, 0.29) is 11.3 Å². The van der Waals surface area contributed by atoms with Gasteiger partial charge in [-0.25, -0.2) is 4.79 Å². The fourth-order valence-electron chi connectivity index (χ4n) is 3.30. The van der Waals surface area contributed by atoms with Gasteiger partial charge in [0.2, 0.25) is 0 Å². The third-order valence-electron chi connectivity index (χ3n) is 5.09. The van der Waals surface area contributed by atoms with Gasteiger partial charge in [0, 0.05) is 30.7 Å². The van der Waals surface area contributed by atoms with Crippen molar-refractivity contribution < 1.29 is 28.2 Å². The van der Waals surface area contributed by atoms with Crippen molar-refractivity contribution in [2.75, 3.05) is 11.5 Å². The van der Waals surface area contributed by atoms with E-state index in [1.54, 1.807) is 36.7 Å². The zero-order chi connectivity index (χ0) is 22.5. The molecule has 1 aliphatic rings. The molecule has 1 fully saturated rings. The molecule has 0 amide bonds. The van der Waals surface area contributed by atoms with Crippen molar-refractivity contribution in [3.05, 3.63) is 78.1 Å². The minimum Gasteiger partial charge on any atom is -0.491 e. The number of hydrogen-bond donors (Lipinski definition) is 1. The molecule has 0 atom stereocenters. The molecular formula is C24H22F2N2O4. The fraction of sp³-hybridized carbons (Fsp3) is 0.250.